The van der Waals surface area contributed by atoms with E-state index in [2.05, 4.69) is 26.0 Å². The molecule has 5 rings (SSSR count). The van der Waals surface area contributed by atoms with Gasteiger partial charge in [0, 0.05) is 31.7 Å². The van der Waals surface area contributed by atoms with Gasteiger partial charge in [0.1, 0.15) is 42.4 Å². The van der Waals surface area contributed by atoms with Crippen molar-refractivity contribution in [2.75, 3.05) is 30.9 Å². The van der Waals surface area contributed by atoms with Gasteiger partial charge in [-0.1, -0.05) is 0 Å². The molecule has 0 saturated heterocycles. The van der Waals surface area contributed by atoms with E-state index in [0.29, 0.717) is 48.5 Å². The summed E-state index contributed by atoms with van der Waals surface area (Å²) < 4.78 is 39.7. The average Bonchev–Trinajstić information content (AvgIpc) is 3.24. The Bertz CT molecular complexity index is 1150. The van der Waals surface area contributed by atoms with Crippen LogP contribution in [0, 0.1) is 5.82 Å². The molecule has 0 unspecified atom stereocenters. The zero-order chi connectivity index (χ0) is 20.8. The van der Waals surface area contributed by atoms with Crippen molar-refractivity contribution in [3.8, 4) is 11.5 Å². The molecule has 156 valence electrons. The predicted molar refractivity (Wildman–Crippen MR) is 104 cm³/mol. The van der Waals surface area contributed by atoms with Gasteiger partial charge in [0.05, 0.1) is 17.9 Å². The highest BCUT2D eigenvalue weighted by Gasteiger charge is 2.39. The summed E-state index contributed by atoms with van der Waals surface area (Å²) in [7, 11) is 1.69. The number of carbonyl (C=O) groups excluding carboxylic acids is 1. The molecule has 9 nitrogen and oxygen atoms in total. The van der Waals surface area contributed by atoms with Crippen LogP contribution in [0.1, 0.15) is 16.8 Å². The normalized spacial score (nSPS) is 19.4. The first-order valence-corrected chi connectivity index (χ1v) is 9.41. The number of aromatic nitrogens is 3. The number of halogens is 2. The van der Waals surface area contributed by atoms with Crippen LogP contribution in [0.4, 0.5) is 26.1 Å². The standard InChI is InChI=1S/C19H18F2N6O3/c1-22-16-7-15(24-13-4-9(20)5-14-17(13)30-3-2-29-14)26-18-10(8-23-27(16)18)19(28)25-12-6-11(12)21/h4-5,7-8,11-12,22H,2-3,6H2,1H3,(H,24,26)(H,25,28)/t11-,12+/m0/s1. The molecule has 2 aliphatic rings. The van der Waals surface area contributed by atoms with Gasteiger partial charge in [-0.05, 0) is 0 Å². The quantitative estimate of drug-likeness (QED) is 0.586. The van der Waals surface area contributed by atoms with Crippen LogP contribution < -0.4 is 25.4 Å². The third kappa shape index (κ3) is 3.21. The summed E-state index contributed by atoms with van der Waals surface area (Å²) in [5.74, 6) is 0.600. The monoisotopic (exact) mass is 416 g/mol. The van der Waals surface area contributed by atoms with E-state index in [9.17, 15) is 13.6 Å². The number of hydrogen-bond acceptors (Lipinski definition) is 7. The Morgan fingerprint density at radius 3 is 2.83 bits per heavy atom. The Hall–Kier alpha value is -3.63. The van der Waals surface area contributed by atoms with Crippen LogP contribution in [0.5, 0.6) is 11.5 Å². The lowest BCUT2D eigenvalue weighted by Gasteiger charge is -2.21. The number of anilines is 3. The molecule has 1 amide bonds. The maximum Gasteiger partial charge on any atom is 0.257 e. The van der Waals surface area contributed by atoms with Gasteiger partial charge in [-0.2, -0.15) is 9.61 Å². The number of rotatable bonds is 5. The van der Waals surface area contributed by atoms with Crippen LogP contribution in [0.2, 0.25) is 0 Å². The summed E-state index contributed by atoms with van der Waals surface area (Å²) in [4.78, 5) is 17.0. The molecule has 30 heavy (non-hydrogen) atoms. The smallest absolute Gasteiger partial charge is 0.257 e. The largest absolute Gasteiger partial charge is 0.486 e. The molecule has 1 aromatic carbocycles. The average molecular weight is 416 g/mol. The van der Waals surface area contributed by atoms with Crippen LogP contribution in [-0.2, 0) is 0 Å². The van der Waals surface area contributed by atoms with Crippen molar-refractivity contribution in [3.63, 3.8) is 0 Å². The van der Waals surface area contributed by atoms with E-state index in [1.807, 2.05) is 0 Å². The first kappa shape index (κ1) is 18.4. The van der Waals surface area contributed by atoms with Gasteiger partial charge in [0.2, 0.25) is 0 Å². The molecule has 11 heteroatoms. The molecular formula is C19H18F2N6O3. The van der Waals surface area contributed by atoms with Gasteiger partial charge < -0.3 is 25.4 Å². The summed E-state index contributed by atoms with van der Waals surface area (Å²) in [5, 5.41) is 12.8. The van der Waals surface area contributed by atoms with Gasteiger partial charge in [-0.3, -0.25) is 4.79 Å². The van der Waals surface area contributed by atoms with E-state index in [4.69, 9.17) is 9.47 Å². The molecule has 2 aromatic heterocycles. The van der Waals surface area contributed by atoms with E-state index in [-0.39, 0.29) is 11.2 Å². The molecule has 1 aliphatic heterocycles. The number of ether oxygens (including phenoxy) is 2. The first-order chi connectivity index (χ1) is 14.5. The molecule has 0 radical (unpaired) electrons. The molecule has 2 atom stereocenters. The zero-order valence-electron chi connectivity index (χ0n) is 15.9. The van der Waals surface area contributed by atoms with Crippen molar-refractivity contribution in [1.29, 1.82) is 0 Å². The molecule has 3 heterocycles. The van der Waals surface area contributed by atoms with E-state index in [0.717, 1.165) is 0 Å². The van der Waals surface area contributed by atoms with Crippen molar-refractivity contribution in [1.82, 2.24) is 19.9 Å². The Labute approximate surface area is 169 Å². The van der Waals surface area contributed by atoms with Crippen molar-refractivity contribution >= 4 is 28.9 Å². The van der Waals surface area contributed by atoms with Crippen molar-refractivity contribution < 1.29 is 23.0 Å². The minimum Gasteiger partial charge on any atom is -0.486 e. The topological polar surface area (TPSA) is 102 Å². The van der Waals surface area contributed by atoms with E-state index in [1.54, 1.807) is 13.1 Å². The van der Waals surface area contributed by atoms with Crippen molar-refractivity contribution in [2.24, 2.45) is 0 Å². The van der Waals surface area contributed by atoms with Gasteiger partial charge in [0.15, 0.2) is 17.1 Å². The fourth-order valence-corrected chi connectivity index (χ4v) is 3.28. The second-order valence-electron chi connectivity index (χ2n) is 7.00. The molecular weight excluding hydrogens is 398 g/mol. The number of fused-ring (bicyclic) bond motifs is 2. The van der Waals surface area contributed by atoms with Gasteiger partial charge in [-0.25, -0.2) is 13.8 Å². The molecule has 1 aliphatic carbocycles. The highest BCUT2D eigenvalue weighted by molar-refractivity contribution is 6.00. The number of amides is 1. The molecule has 3 aromatic rings. The molecule has 0 spiro atoms. The lowest BCUT2D eigenvalue weighted by atomic mass is 10.2. The third-order valence-corrected chi connectivity index (χ3v) is 4.87. The zero-order valence-corrected chi connectivity index (χ0v) is 15.9. The third-order valence-electron chi connectivity index (χ3n) is 4.87. The Morgan fingerprint density at radius 1 is 1.27 bits per heavy atom. The number of carbonyl (C=O) groups is 1. The van der Waals surface area contributed by atoms with Crippen LogP contribution in [-0.4, -0.2) is 53.0 Å². The fourth-order valence-electron chi connectivity index (χ4n) is 3.28. The Balaban J connectivity index is 1.53. The van der Waals surface area contributed by atoms with Crippen LogP contribution in [0.15, 0.2) is 24.4 Å². The summed E-state index contributed by atoms with van der Waals surface area (Å²) in [6, 6.07) is 3.71. The van der Waals surface area contributed by atoms with Crippen molar-refractivity contribution in [2.45, 2.75) is 18.6 Å². The summed E-state index contributed by atoms with van der Waals surface area (Å²) in [5.41, 5.74) is 0.808. The Morgan fingerprint density at radius 2 is 2.07 bits per heavy atom. The number of hydrogen-bond donors (Lipinski definition) is 3. The maximum atomic E-state index is 14.0. The van der Waals surface area contributed by atoms with Crippen molar-refractivity contribution in [3.05, 3.63) is 35.8 Å². The minimum absolute atomic E-state index is 0.204. The van der Waals surface area contributed by atoms with Gasteiger partial charge in [0.25, 0.3) is 5.91 Å². The Kier molecular flexibility index (Phi) is 4.30. The number of nitrogens with one attached hydrogen (secondary N) is 3. The predicted octanol–water partition coefficient (Wildman–Crippen LogP) is 2.27. The SMILES string of the molecule is CNc1cc(Nc2cc(F)cc3c2OCCO3)nc2c(C(=O)N[C@@H]3C[C@@H]3F)cnn12. The highest BCUT2D eigenvalue weighted by atomic mass is 19.1. The lowest BCUT2D eigenvalue weighted by molar-refractivity contribution is 0.0949. The minimum atomic E-state index is -1.02. The molecule has 0 bridgehead atoms. The van der Waals surface area contributed by atoms with E-state index < -0.39 is 23.9 Å². The van der Waals surface area contributed by atoms with Crippen LogP contribution in [0.3, 0.4) is 0 Å². The molecule has 1 saturated carbocycles. The maximum absolute atomic E-state index is 14.0. The fraction of sp³-hybridized carbons (Fsp3) is 0.316. The van der Waals surface area contributed by atoms with E-state index in [1.165, 1.54) is 22.8 Å². The summed E-state index contributed by atoms with van der Waals surface area (Å²) >= 11 is 0. The van der Waals surface area contributed by atoms with Gasteiger partial charge >= 0.3 is 0 Å². The van der Waals surface area contributed by atoms with Gasteiger partial charge in [-0.15, -0.1) is 0 Å². The second kappa shape index (κ2) is 7.01. The summed E-state index contributed by atoms with van der Waals surface area (Å²) in [6.45, 7) is 0.671. The second-order valence-corrected chi connectivity index (χ2v) is 7.00. The highest BCUT2D eigenvalue weighted by Crippen LogP contribution is 2.40. The number of alkyl halides is 1. The number of nitrogens with zero attached hydrogens (tertiary/aromatic N) is 3. The molecule has 1 fully saturated rings. The summed E-state index contributed by atoms with van der Waals surface area (Å²) in [6.07, 6.45) is 0.661. The first-order valence-electron chi connectivity index (χ1n) is 9.41. The van der Waals surface area contributed by atoms with Crippen LogP contribution >= 0.6 is 0 Å². The lowest BCUT2D eigenvalue weighted by Crippen LogP contribution is -2.27. The number of benzene rings is 1. The van der Waals surface area contributed by atoms with Crippen LogP contribution in [0.25, 0.3) is 5.65 Å². The molecule has 3 N–H and O–H groups in total. The van der Waals surface area contributed by atoms with E-state index >= 15 is 0 Å².